The maximum absolute atomic E-state index is 13.8. The van der Waals surface area contributed by atoms with Crippen LogP contribution in [0.1, 0.15) is 36.6 Å². The molecule has 2 aromatic carbocycles. The van der Waals surface area contributed by atoms with Crippen molar-refractivity contribution in [1.29, 1.82) is 0 Å². The number of amides is 2. The number of benzene rings is 2. The predicted octanol–water partition coefficient (Wildman–Crippen LogP) is 4.75. The summed E-state index contributed by atoms with van der Waals surface area (Å²) in [6.45, 7) is 0.145. The number of pyridine rings is 1. The van der Waals surface area contributed by atoms with Crippen LogP contribution in [-0.4, -0.2) is 34.2 Å². The van der Waals surface area contributed by atoms with E-state index in [1.807, 2.05) is 0 Å². The van der Waals surface area contributed by atoms with Gasteiger partial charge in [0.1, 0.15) is 11.6 Å². The minimum atomic E-state index is -0.592. The Labute approximate surface area is 187 Å². The highest BCUT2D eigenvalue weighted by molar-refractivity contribution is 6.31. The number of H-pyrrole nitrogens is 1. The number of anilines is 1. The number of hydrogen-bond acceptors (Lipinski definition) is 3. The average molecular weight is 462 g/mol. The smallest absolute Gasteiger partial charge is 0.322 e. The SMILES string of the molecule is O=C(Nc1ccc(F)c(Cl)c1)N(CCCO)[C@H]1CCCc2[nH]c(=O)c3cc(F)ccc3c21. The Morgan fingerprint density at radius 3 is 2.78 bits per heavy atom. The number of aromatic nitrogens is 1. The summed E-state index contributed by atoms with van der Waals surface area (Å²) in [6, 6.07) is 7.12. The van der Waals surface area contributed by atoms with E-state index in [0.29, 0.717) is 30.3 Å². The number of halogens is 3. The topological polar surface area (TPSA) is 85.4 Å². The Hall–Kier alpha value is -2.97. The Morgan fingerprint density at radius 2 is 2.03 bits per heavy atom. The van der Waals surface area contributed by atoms with Crippen molar-refractivity contribution in [2.75, 3.05) is 18.5 Å². The number of aliphatic hydroxyl groups excluding tert-OH is 1. The van der Waals surface area contributed by atoms with Crippen molar-refractivity contribution < 1.29 is 18.7 Å². The second kappa shape index (κ2) is 9.26. The quantitative estimate of drug-likeness (QED) is 0.512. The number of nitrogens with one attached hydrogen (secondary N) is 2. The largest absolute Gasteiger partial charge is 0.396 e. The molecule has 1 aliphatic rings. The molecular weight excluding hydrogens is 440 g/mol. The van der Waals surface area contributed by atoms with Crippen molar-refractivity contribution >= 4 is 34.1 Å². The van der Waals surface area contributed by atoms with Crippen molar-refractivity contribution in [2.24, 2.45) is 0 Å². The van der Waals surface area contributed by atoms with Crippen LogP contribution < -0.4 is 10.9 Å². The third-order valence-electron chi connectivity index (χ3n) is 5.71. The summed E-state index contributed by atoms with van der Waals surface area (Å²) in [5, 5.41) is 12.8. The van der Waals surface area contributed by atoms with E-state index in [4.69, 9.17) is 11.6 Å². The average Bonchev–Trinajstić information content (AvgIpc) is 2.77. The van der Waals surface area contributed by atoms with Crippen LogP contribution in [0.3, 0.4) is 0 Å². The fourth-order valence-corrected chi connectivity index (χ4v) is 4.47. The maximum atomic E-state index is 13.8. The summed E-state index contributed by atoms with van der Waals surface area (Å²) >= 11 is 5.83. The fourth-order valence-electron chi connectivity index (χ4n) is 4.29. The first-order chi connectivity index (χ1) is 15.4. The van der Waals surface area contributed by atoms with Crippen molar-refractivity contribution in [3.05, 3.63) is 74.7 Å². The van der Waals surface area contributed by atoms with E-state index < -0.39 is 23.7 Å². The van der Waals surface area contributed by atoms with Gasteiger partial charge in [0, 0.05) is 30.1 Å². The number of carbonyl (C=O) groups excluding carboxylic acids is 1. The van der Waals surface area contributed by atoms with Crippen LogP contribution in [0.4, 0.5) is 19.3 Å². The van der Waals surface area contributed by atoms with Crippen molar-refractivity contribution in [1.82, 2.24) is 9.88 Å². The van der Waals surface area contributed by atoms with Gasteiger partial charge in [-0.1, -0.05) is 17.7 Å². The molecule has 0 aliphatic heterocycles. The molecular formula is C23H22ClF2N3O3. The van der Waals surface area contributed by atoms with Gasteiger partial charge in [-0.2, -0.15) is 0 Å². The summed E-state index contributed by atoms with van der Waals surface area (Å²) in [7, 11) is 0. The minimum absolute atomic E-state index is 0.108. The molecule has 32 heavy (non-hydrogen) atoms. The van der Waals surface area contributed by atoms with E-state index in [0.717, 1.165) is 17.7 Å². The number of aryl methyl sites for hydroxylation is 1. The number of nitrogens with zero attached hydrogens (tertiary/aromatic N) is 1. The number of rotatable bonds is 5. The Bertz CT molecular complexity index is 1230. The van der Waals surface area contributed by atoms with Crippen LogP contribution in [0.15, 0.2) is 41.2 Å². The van der Waals surface area contributed by atoms with Gasteiger partial charge in [0.05, 0.1) is 16.5 Å². The third-order valence-corrected chi connectivity index (χ3v) is 6.00. The Kier molecular flexibility index (Phi) is 6.43. The summed E-state index contributed by atoms with van der Waals surface area (Å²) in [4.78, 5) is 30.2. The molecule has 4 rings (SSSR count). The first-order valence-corrected chi connectivity index (χ1v) is 10.7. The number of fused-ring (bicyclic) bond motifs is 3. The molecule has 0 radical (unpaired) electrons. The molecule has 0 fully saturated rings. The summed E-state index contributed by atoms with van der Waals surface area (Å²) < 4.78 is 27.3. The van der Waals surface area contributed by atoms with E-state index >= 15 is 0 Å². The Balaban J connectivity index is 1.75. The lowest BCUT2D eigenvalue weighted by Gasteiger charge is -2.36. The van der Waals surface area contributed by atoms with E-state index in [9.17, 15) is 23.5 Å². The second-order valence-electron chi connectivity index (χ2n) is 7.77. The van der Waals surface area contributed by atoms with Gasteiger partial charge in [0.2, 0.25) is 0 Å². The molecule has 6 nitrogen and oxygen atoms in total. The van der Waals surface area contributed by atoms with Gasteiger partial charge < -0.3 is 20.3 Å². The zero-order valence-electron chi connectivity index (χ0n) is 17.1. The second-order valence-corrected chi connectivity index (χ2v) is 8.18. The van der Waals surface area contributed by atoms with E-state index in [2.05, 4.69) is 10.3 Å². The zero-order valence-corrected chi connectivity index (χ0v) is 17.9. The van der Waals surface area contributed by atoms with Gasteiger partial charge >= 0.3 is 6.03 Å². The van der Waals surface area contributed by atoms with Gasteiger partial charge in [0.25, 0.3) is 5.56 Å². The van der Waals surface area contributed by atoms with E-state index in [-0.39, 0.29) is 29.1 Å². The van der Waals surface area contributed by atoms with Crippen LogP contribution in [-0.2, 0) is 6.42 Å². The highest BCUT2D eigenvalue weighted by Crippen LogP contribution is 2.37. The minimum Gasteiger partial charge on any atom is -0.396 e. The number of aromatic amines is 1. The maximum Gasteiger partial charge on any atom is 0.322 e. The van der Waals surface area contributed by atoms with Crippen molar-refractivity contribution in [3.8, 4) is 0 Å². The first-order valence-electron chi connectivity index (χ1n) is 10.4. The Morgan fingerprint density at radius 1 is 1.22 bits per heavy atom. The monoisotopic (exact) mass is 461 g/mol. The molecule has 0 spiro atoms. The molecule has 9 heteroatoms. The summed E-state index contributed by atoms with van der Waals surface area (Å²) in [6.07, 6.45) is 2.36. The molecule has 2 amide bonds. The van der Waals surface area contributed by atoms with E-state index in [1.54, 1.807) is 11.0 Å². The first kappa shape index (κ1) is 22.2. The lowest BCUT2D eigenvalue weighted by atomic mass is 9.86. The van der Waals surface area contributed by atoms with Crippen molar-refractivity contribution in [3.63, 3.8) is 0 Å². The van der Waals surface area contributed by atoms with Gasteiger partial charge in [-0.25, -0.2) is 13.6 Å². The summed E-state index contributed by atoms with van der Waals surface area (Å²) in [5.41, 5.74) is 1.46. The van der Waals surface area contributed by atoms with Crippen LogP contribution in [0.5, 0.6) is 0 Å². The number of carbonyl (C=O) groups is 1. The van der Waals surface area contributed by atoms with Crippen molar-refractivity contribution in [2.45, 2.75) is 31.7 Å². The molecule has 0 saturated carbocycles. The van der Waals surface area contributed by atoms with Crippen LogP contribution in [0.25, 0.3) is 10.8 Å². The lowest BCUT2D eigenvalue weighted by Crippen LogP contribution is -2.41. The van der Waals surface area contributed by atoms with Gasteiger partial charge in [-0.05, 0) is 61.4 Å². The number of urea groups is 1. The van der Waals surface area contributed by atoms with Crippen LogP contribution in [0.2, 0.25) is 5.02 Å². The molecule has 168 valence electrons. The lowest BCUT2D eigenvalue weighted by molar-refractivity contribution is 0.169. The predicted molar refractivity (Wildman–Crippen MR) is 119 cm³/mol. The highest BCUT2D eigenvalue weighted by atomic mass is 35.5. The highest BCUT2D eigenvalue weighted by Gasteiger charge is 2.32. The van der Waals surface area contributed by atoms with Crippen LogP contribution in [0, 0.1) is 11.6 Å². The molecule has 0 bridgehead atoms. The third kappa shape index (κ3) is 4.33. The zero-order chi connectivity index (χ0) is 22.8. The molecule has 1 atom stereocenters. The molecule has 3 aromatic rings. The normalized spacial score (nSPS) is 15.4. The van der Waals surface area contributed by atoms with Gasteiger partial charge in [-0.15, -0.1) is 0 Å². The standard InChI is InChI=1S/C23H22ClF2N3O3/c24-17-12-14(6-8-18(17)26)27-23(32)29(9-2-10-30)20-4-1-3-19-21(20)15-7-5-13(25)11-16(15)22(31)28-19/h5-8,11-12,20,30H,1-4,9-10H2,(H,27,32)(H,28,31)/t20-/m0/s1. The molecule has 1 aromatic heterocycles. The molecule has 3 N–H and O–H groups in total. The number of aliphatic hydroxyl groups is 1. The van der Waals surface area contributed by atoms with Gasteiger partial charge in [0.15, 0.2) is 0 Å². The molecule has 0 unspecified atom stereocenters. The number of hydrogen-bond donors (Lipinski definition) is 3. The molecule has 0 saturated heterocycles. The van der Waals surface area contributed by atoms with E-state index in [1.165, 1.54) is 30.3 Å². The molecule has 1 heterocycles. The van der Waals surface area contributed by atoms with Gasteiger partial charge in [-0.3, -0.25) is 4.79 Å². The molecule has 1 aliphatic carbocycles. The summed E-state index contributed by atoms with van der Waals surface area (Å²) in [5.74, 6) is -1.11. The fraction of sp³-hybridized carbons (Fsp3) is 0.304. The van der Waals surface area contributed by atoms with Crippen LogP contribution >= 0.6 is 11.6 Å².